The minimum atomic E-state index is -1.31. The molecule has 0 fully saturated rings. The summed E-state index contributed by atoms with van der Waals surface area (Å²) in [6, 6.07) is 8.27. The Kier molecular flexibility index (Phi) is 6.24. The molecule has 1 aromatic carbocycles. The third-order valence-corrected chi connectivity index (χ3v) is 5.22. The van der Waals surface area contributed by atoms with E-state index in [0.29, 0.717) is 28.0 Å². The van der Waals surface area contributed by atoms with Crippen molar-refractivity contribution in [3.8, 4) is 5.88 Å². The first kappa shape index (κ1) is 22.6. The quantitative estimate of drug-likeness (QED) is 0.318. The molecule has 0 unspecified atom stereocenters. The van der Waals surface area contributed by atoms with Crippen molar-refractivity contribution in [3.63, 3.8) is 0 Å². The molecule has 170 valence electrons. The molecule has 1 N–H and O–H groups in total. The number of aryl methyl sites for hydroxylation is 2. The Balaban J connectivity index is 1.61. The smallest absolute Gasteiger partial charge is 0.255 e. The van der Waals surface area contributed by atoms with Crippen molar-refractivity contribution in [2.45, 2.75) is 27.0 Å². The van der Waals surface area contributed by atoms with Gasteiger partial charge in [-0.15, -0.1) is 0 Å². The van der Waals surface area contributed by atoms with Gasteiger partial charge in [-0.3, -0.25) is 4.79 Å². The van der Waals surface area contributed by atoms with Crippen molar-refractivity contribution < 1.29 is 22.7 Å². The van der Waals surface area contributed by atoms with Crippen LogP contribution in [-0.2, 0) is 13.2 Å². The van der Waals surface area contributed by atoms with Crippen LogP contribution in [0.25, 0.3) is 5.52 Å². The summed E-state index contributed by atoms with van der Waals surface area (Å²) in [7, 11) is 0. The van der Waals surface area contributed by atoms with Crippen LogP contribution in [-0.4, -0.2) is 20.5 Å². The Morgan fingerprint density at radius 3 is 2.61 bits per heavy atom. The molecule has 0 saturated carbocycles. The second-order valence-corrected chi connectivity index (χ2v) is 7.80. The first-order valence-corrected chi connectivity index (χ1v) is 10.3. The maximum Gasteiger partial charge on any atom is 0.255 e. The highest BCUT2D eigenvalue weighted by Crippen LogP contribution is 2.25. The molecule has 1 amide bonds. The maximum atomic E-state index is 14.0. The van der Waals surface area contributed by atoms with Crippen LogP contribution in [0.1, 0.15) is 32.7 Å². The molecular weight excluding hydrogens is 457 g/mol. The number of nitrogens with zero attached hydrogens (tertiary/aromatic N) is 3. The predicted molar refractivity (Wildman–Crippen MR) is 116 cm³/mol. The number of fused-ring (bicyclic) bond motifs is 1. The van der Waals surface area contributed by atoms with Crippen LogP contribution < -0.4 is 10.1 Å². The zero-order valence-electron chi connectivity index (χ0n) is 17.6. The molecular formula is C23H18ClF3N4O2. The molecule has 10 heteroatoms. The number of halogens is 4. The van der Waals surface area contributed by atoms with E-state index in [9.17, 15) is 18.0 Å². The van der Waals surface area contributed by atoms with Crippen LogP contribution in [0, 0.1) is 31.3 Å². The molecule has 4 aromatic rings. The summed E-state index contributed by atoms with van der Waals surface area (Å²) >= 11 is 5.78. The third-order valence-electron chi connectivity index (χ3n) is 4.99. The predicted octanol–water partition coefficient (Wildman–Crippen LogP) is 4.93. The second kappa shape index (κ2) is 9.11. The number of pyridine rings is 2. The van der Waals surface area contributed by atoms with E-state index in [4.69, 9.17) is 16.3 Å². The number of ether oxygens (including phenoxy) is 1. The van der Waals surface area contributed by atoms with Crippen LogP contribution in [0.15, 0.2) is 42.6 Å². The Labute approximate surface area is 192 Å². The summed E-state index contributed by atoms with van der Waals surface area (Å²) in [5.74, 6) is -3.62. The second-order valence-electron chi connectivity index (χ2n) is 7.41. The van der Waals surface area contributed by atoms with Crippen molar-refractivity contribution in [2.75, 3.05) is 0 Å². The van der Waals surface area contributed by atoms with Crippen molar-refractivity contribution in [3.05, 3.63) is 93.1 Å². The lowest BCUT2D eigenvalue weighted by Crippen LogP contribution is -2.23. The number of carbonyl (C=O) groups excluding carboxylic acids is 1. The minimum Gasteiger partial charge on any atom is -0.473 e. The average molecular weight is 475 g/mol. The van der Waals surface area contributed by atoms with Gasteiger partial charge in [0.15, 0.2) is 11.6 Å². The fraction of sp³-hybridized carbons (Fsp3) is 0.174. The zero-order chi connectivity index (χ0) is 23.7. The monoisotopic (exact) mass is 474 g/mol. The van der Waals surface area contributed by atoms with E-state index in [-0.39, 0.29) is 18.3 Å². The van der Waals surface area contributed by atoms with Gasteiger partial charge < -0.3 is 10.1 Å². The summed E-state index contributed by atoms with van der Waals surface area (Å²) in [5.41, 5.74) is 2.17. The lowest BCUT2D eigenvalue weighted by molar-refractivity contribution is 0.0952. The van der Waals surface area contributed by atoms with E-state index < -0.39 is 29.6 Å². The van der Waals surface area contributed by atoms with Crippen molar-refractivity contribution in [1.82, 2.24) is 19.9 Å². The van der Waals surface area contributed by atoms with Crippen LogP contribution in [0.5, 0.6) is 5.88 Å². The number of aromatic nitrogens is 3. The van der Waals surface area contributed by atoms with Crippen LogP contribution >= 0.6 is 11.6 Å². The maximum absolute atomic E-state index is 14.0. The number of carbonyl (C=O) groups is 1. The van der Waals surface area contributed by atoms with Crippen LogP contribution in [0.4, 0.5) is 13.2 Å². The molecule has 4 rings (SSSR count). The normalized spacial score (nSPS) is 11.1. The lowest BCUT2D eigenvalue weighted by Gasteiger charge is -2.11. The van der Waals surface area contributed by atoms with Gasteiger partial charge in [0.05, 0.1) is 22.3 Å². The molecule has 0 atom stereocenters. The topological polar surface area (TPSA) is 68.5 Å². The number of amides is 1. The summed E-state index contributed by atoms with van der Waals surface area (Å²) < 4.78 is 48.4. The van der Waals surface area contributed by atoms with Crippen LogP contribution in [0.3, 0.4) is 0 Å². The van der Waals surface area contributed by atoms with Crippen molar-refractivity contribution >= 4 is 23.0 Å². The van der Waals surface area contributed by atoms with Crippen molar-refractivity contribution in [1.29, 1.82) is 0 Å². The van der Waals surface area contributed by atoms with E-state index in [0.717, 1.165) is 17.2 Å². The SMILES string of the molecule is Cc1cc(OCc2c(F)ccc(F)c2F)n2nc(C)c(C(=O)NCc3ccc(Cl)nc3)c2c1. The standard InChI is InChI=1S/C23H18ClF3N4O2/c1-12-7-18-21(23(32)29-10-14-3-6-19(24)28-9-14)13(2)30-31(18)20(8-12)33-11-15-16(25)4-5-17(26)22(15)27/h3-9H,10-11H2,1-2H3,(H,29,32). The Morgan fingerprint density at radius 1 is 1.12 bits per heavy atom. The summed E-state index contributed by atoms with van der Waals surface area (Å²) in [5, 5.41) is 7.52. The number of rotatable bonds is 6. The van der Waals surface area contributed by atoms with Gasteiger partial charge in [-0.25, -0.2) is 18.2 Å². The molecule has 0 aliphatic heterocycles. The van der Waals surface area contributed by atoms with Gasteiger partial charge in [-0.1, -0.05) is 17.7 Å². The first-order chi connectivity index (χ1) is 15.7. The zero-order valence-corrected chi connectivity index (χ0v) is 18.4. The fourth-order valence-electron chi connectivity index (χ4n) is 3.37. The number of benzene rings is 1. The molecule has 0 saturated heterocycles. The van der Waals surface area contributed by atoms with Gasteiger partial charge >= 0.3 is 0 Å². The van der Waals surface area contributed by atoms with E-state index in [1.807, 2.05) is 0 Å². The van der Waals surface area contributed by atoms with Gasteiger partial charge in [0, 0.05) is 18.8 Å². The highest BCUT2D eigenvalue weighted by atomic mass is 35.5. The highest BCUT2D eigenvalue weighted by molar-refractivity contribution is 6.29. The summed E-state index contributed by atoms with van der Waals surface area (Å²) in [6.45, 7) is 3.11. The highest BCUT2D eigenvalue weighted by Gasteiger charge is 2.21. The fourth-order valence-corrected chi connectivity index (χ4v) is 3.48. The van der Waals surface area contributed by atoms with Crippen molar-refractivity contribution in [2.24, 2.45) is 0 Å². The molecule has 0 bridgehead atoms. The van der Waals surface area contributed by atoms with Gasteiger partial charge in [0.25, 0.3) is 5.91 Å². The summed E-state index contributed by atoms with van der Waals surface area (Å²) in [4.78, 5) is 16.9. The summed E-state index contributed by atoms with van der Waals surface area (Å²) in [6.07, 6.45) is 1.56. The third kappa shape index (κ3) is 4.63. The molecule has 6 nitrogen and oxygen atoms in total. The van der Waals surface area contributed by atoms with Gasteiger partial charge in [0.1, 0.15) is 17.6 Å². The van der Waals surface area contributed by atoms with E-state index in [1.54, 1.807) is 44.3 Å². The van der Waals surface area contributed by atoms with Gasteiger partial charge in [0.2, 0.25) is 5.88 Å². The van der Waals surface area contributed by atoms with Gasteiger partial charge in [-0.2, -0.15) is 9.61 Å². The first-order valence-electron chi connectivity index (χ1n) is 9.88. The number of hydrogen-bond acceptors (Lipinski definition) is 4. The molecule has 0 spiro atoms. The molecule has 3 heterocycles. The Hall–Kier alpha value is -3.59. The molecule has 33 heavy (non-hydrogen) atoms. The van der Waals surface area contributed by atoms with E-state index in [1.165, 1.54) is 4.52 Å². The number of nitrogens with one attached hydrogen (secondary N) is 1. The lowest BCUT2D eigenvalue weighted by atomic mass is 10.1. The number of hydrogen-bond donors (Lipinski definition) is 1. The van der Waals surface area contributed by atoms with Crippen LogP contribution in [0.2, 0.25) is 5.15 Å². The molecule has 0 aliphatic carbocycles. The van der Waals surface area contributed by atoms with E-state index in [2.05, 4.69) is 15.4 Å². The Morgan fingerprint density at radius 2 is 1.88 bits per heavy atom. The average Bonchev–Trinajstić information content (AvgIpc) is 3.11. The Bertz CT molecular complexity index is 1360. The minimum absolute atomic E-state index is 0.150. The molecule has 0 aliphatic rings. The molecule has 0 radical (unpaired) electrons. The molecule has 3 aromatic heterocycles. The van der Waals surface area contributed by atoms with E-state index >= 15 is 0 Å². The largest absolute Gasteiger partial charge is 0.473 e. The van der Waals surface area contributed by atoms with Gasteiger partial charge in [-0.05, 0) is 49.2 Å².